The Labute approximate surface area is 123 Å². The summed E-state index contributed by atoms with van der Waals surface area (Å²) in [6, 6.07) is 8.82. The average molecular weight is 290 g/mol. The van der Waals surface area contributed by atoms with Crippen molar-refractivity contribution in [1.82, 2.24) is 4.90 Å². The second-order valence-corrected chi connectivity index (χ2v) is 5.01. The van der Waals surface area contributed by atoms with E-state index in [1.54, 1.807) is 24.3 Å². The van der Waals surface area contributed by atoms with Crippen molar-refractivity contribution in [3.8, 4) is 11.8 Å². The Morgan fingerprint density at radius 1 is 1.48 bits per heavy atom. The van der Waals surface area contributed by atoms with Crippen LogP contribution in [0.15, 0.2) is 24.3 Å². The Hall–Kier alpha value is -2.10. The van der Waals surface area contributed by atoms with Gasteiger partial charge >= 0.3 is 5.97 Å². The van der Waals surface area contributed by atoms with Gasteiger partial charge in [-0.25, -0.2) is 0 Å². The number of hydrogen-bond acceptors (Lipinski definition) is 5. The molecule has 1 aromatic carbocycles. The molecule has 2 atom stereocenters. The maximum atomic E-state index is 11.1. The highest BCUT2D eigenvalue weighted by atomic mass is 16.5. The lowest BCUT2D eigenvalue weighted by Gasteiger charge is -2.25. The van der Waals surface area contributed by atoms with Crippen LogP contribution in [-0.2, 0) is 9.53 Å². The molecule has 21 heavy (non-hydrogen) atoms. The topological polar surface area (TPSA) is 82.8 Å². The second-order valence-electron chi connectivity index (χ2n) is 5.01. The summed E-state index contributed by atoms with van der Waals surface area (Å²) in [5.74, 6) is -0.609. The SMILES string of the molecule is CN(CCOc1ccc(C#N)cc1)C1COCC1C(=O)O. The molecule has 1 heterocycles. The Bertz CT molecular complexity index is 523. The number of carbonyl (C=O) groups is 1. The highest BCUT2D eigenvalue weighted by Crippen LogP contribution is 2.19. The number of rotatable bonds is 6. The molecule has 0 aromatic heterocycles. The lowest BCUT2D eigenvalue weighted by Crippen LogP contribution is -2.42. The van der Waals surface area contributed by atoms with Crippen LogP contribution in [0.2, 0.25) is 0 Å². The van der Waals surface area contributed by atoms with E-state index in [0.29, 0.717) is 31.1 Å². The van der Waals surface area contributed by atoms with E-state index in [4.69, 9.17) is 19.8 Å². The van der Waals surface area contributed by atoms with E-state index in [9.17, 15) is 4.79 Å². The molecule has 6 heteroatoms. The van der Waals surface area contributed by atoms with Crippen molar-refractivity contribution in [1.29, 1.82) is 5.26 Å². The molecule has 2 rings (SSSR count). The summed E-state index contributed by atoms with van der Waals surface area (Å²) in [5.41, 5.74) is 0.590. The van der Waals surface area contributed by atoms with E-state index in [1.807, 2.05) is 18.0 Å². The van der Waals surface area contributed by atoms with Crippen molar-refractivity contribution in [2.45, 2.75) is 6.04 Å². The zero-order valence-corrected chi connectivity index (χ0v) is 11.9. The van der Waals surface area contributed by atoms with Gasteiger partial charge in [0.25, 0.3) is 0 Å². The number of hydrogen-bond donors (Lipinski definition) is 1. The summed E-state index contributed by atoms with van der Waals surface area (Å²) in [4.78, 5) is 13.1. The van der Waals surface area contributed by atoms with E-state index in [1.165, 1.54) is 0 Å². The summed E-state index contributed by atoms with van der Waals surface area (Å²) in [5, 5.41) is 17.8. The predicted octanol–water partition coefficient (Wildman–Crippen LogP) is 0.968. The largest absolute Gasteiger partial charge is 0.492 e. The van der Waals surface area contributed by atoms with Gasteiger partial charge in [0.15, 0.2) is 0 Å². The normalized spacial score (nSPS) is 21.2. The molecular formula is C15H18N2O4. The smallest absolute Gasteiger partial charge is 0.310 e. The van der Waals surface area contributed by atoms with Gasteiger partial charge in [0.1, 0.15) is 12.4 Å². The Morgan fingerprint density at radius 2 is 2.19 bits per heavy atom. The van der Waals surface area contributed by atoms with Gasteiger partial charge in [-0.3, -0.25) is 9.69 Å². The van der Waals surface area contributed by atoms with Gasteiger partial charge in [-0.15, -0.1) is 0 Å². The first-order valence-corrected chi connectivity index (χ1v) is 6.75. The highest BCUT2D eigenvalue weighted by molar-refractivity contribution is 5.71. The van der Waals surface area contributed by atoms with Gasteiger partial charge < -0.3 is 14.6 Å². The third-order valence-corrected chi connectivity index (χ3v) is 3.63. The predicted molar refractivity (Wildman–Crippen MR) is 75.0 cm³/mol. The molecule has 2 unspecified atom stereocenters. The molecular weight excluding hydrogens is 272 g/mol. The van der Waals surface area contributed by atoms with Gasteiger partial charge in [-0.1, -0.05) is 0 Å². The molecule has 0 aliphatic carbocycles. The maximum Gasteiger partial charge on any atom is 0.310 e. The van der Waals surface area contributed by atoms with Gasteiger partial charge in [0.2, 0.25) is 0 Å². The summed E-state index contributed by atoms with van der Waals surface area (Å²) >= 11 is 0. The maximum absolute atomic E-state index is 11.1. The molecule has 0 saturated carbocycles. The van der Waals surface area contributed by atoms with Crippen LogP contribution >= 0.6 is 0 Å². The van der Waals surface area contributed by atoms with E-state index >= 15 is 0 Å². The molecule has 0 amide bonds. The van der Waals surface area contributed by atoms with Gasteiger partial charge in [0, 0.05) is 12.6 Å². The molecule has 1 N–H and O–H groups in total. The fraction of sp³-hybridized carbons (Fsp3) is 0.467. The first kappa shape index (κ1) is 15.3. The molecule has 6 nitrogen and oxygen atoms in total. The first-order valence-electron chi connectivity index (χ1n) is 6.75. The lowest BCUT2D eigenvalue weighted by molar-refractivity contribution is -0.143. The van der Waals surface area contributed by atoms with E-state index < -0.39 is 11.9 Å². The van der Waals surface area contributed by atoms with Crippen molar-refractivity contribution in [2.24, 2.45) is 5.92 Å². The monoisotopic (exact) mass is 290 g/mol. The second kappa shape index (κ2) is 7.07. The Balaban J connectivity index is 1.79. The molecule has 1 aromatic rings. The highest BCUT2D eigenvalue weighted by Gasteiger charge is 2.36. The fourth-order valence-electron chi connectivity index (χ4n) is 2.31. The van der Waals surface area contributed by atoms with Crippen molar-refractivity contribution in [3.05, 3.63) is 29.8 Å². The van der Waals surface area contributed by atoms with Crippen LogP contribution in [0.3, 0.4) is 0 Å². The summed E-state index contributed by atoms with van der Waals surface area (Å²) in [7, 11) is 1.87. The third-order valence-electron chi connectivity index (χ3n) is 3.63. The van der Waals surface area contributed by atoms with Crippen molar-refractivity contribution >= 4 is 5.97 Å². The van der Waals surface area contributed by atoms with Crippen LogP contribution in [-0.4, -0.2) is 55.4 Å². The number of carboxylic acids is 1. The molecule has 1 saturated heterocycles. The van der Waals surface area contributed by atoms with Gasteiger partial charge in [0.05, 0.1) is 30.8 Å². The summed E-state index contributed by atoms with van der Waals surface area (Å²) in [6.45, 7) is 1.76. The van der Waals surface area contributed by atoms with Crippen molar-refractivity contribution in [3.63, 3.8) is 0 Å². The van der Waals surface area contributed by atoms with Crippen LogP contribution in [0, 0.1) is 17.2 Å². The van der Waals surface area contributed by atoms with Crippen molar-refractivity contribution in [2.75, 3.05) is 33.4 Å². The quantitative estimate of drug-likeness (QED) is 0.840. The minimum absolute atomic E-state index is 0.118. The fourth-order valence-corrected chi connectivity index (χ4v) is 2.31. The summed E-state index contributed by atoms with van der Waals surface area (Å²) in [6.07, 6.45) is 0. The zero-order valence-electron chi connectivity index (χ0n) is 11.9. The molecule has 1 aliphatic rings. The first-order chi connectivity index (χ1) is 10.1. The van der Waals surface area contributed by atoms with Crippen LogP contribution in [0.25, 0.3) is 0 Å². The molecule has 112 valence electrons. The van der Waals surface area contributed by atoms with Crippen LogP contribution in [0.1, 0.15) is 5.56 Å². The Morgan fingerprint density at radius 3 is 2.81 bits per heavy atom. The number of ether oxygens (including phenoxy) is 2. The number of nitrogens with zero attached hydrogens (tertiary/aromatic N) is 2. The minimum Gasteiger partial charge on any atom is -0.492 e. The van der Waals surface area contributed by atoms with E-state index in [-0.39, 0.29) is 12.6 Å². The van der Waals surface area contributed by atoms with Crippen LogP contribution < -0.4 is 4.74 Å². The molecule has 0 spiro atoms. The third kappa shape index (κ3) is 3.94. The van der Waals surface area contributed by atoms with E-state index in [2.05, 4.69) is 0 Å². The molecule has 1 fully saturated rings. The number of benzene rings is 1. The van der Waals surface area contributed by atoms with Crippen LogP contribution in [0.4, 0.5) is 0 Å². The summed E-state index contributed by atoms with van der Waals surface area (Å²) < 4.78 is 10.8. The van der Waals surface area contributed by atoms with Gasteiger partial charge in [-0.2, -0.15) is 5.26 Å². The average Bonchev–Trinajstić information content (AvgIpc) is 2.97. The molecule has 0 radical (unpaired) electrons. The molecule has 1 aliphatic heterocycles. The standard InChI is InChI=1S/C15H18N2O4/c1-17(14-10-20-9-13(14)15(18)19)6-7-21-12-4-2-11(8-16)3-5-12/h2-5,13-14H,6-7,9-10H2,1H3,(H,18,19). The number of carboxylic acid groups (broad SMARTS) is 1. The van der Waals surface area contributed by atoms with E-state index in [0.717, 1.165) is 0 Å². The number of aliphatic carboxylic acids is 1. The zero-order chi connectivity index (χ0) is 15.2. The minimum atomic E-state index is -0.822. The Kier molecular flexibility index (Phi) is 5.14. The number of likely N-dealkylation sites (N-methyl/N-ethyl adjacent to an activating group) is 1. The van der Waals surface area contributed by atoms with Crippen LogP contribution in [0.5, 0.6) is 5.75 Å². The lowest BCUT2D eigenvalue weighted by atomic mass is 10.0. The molecule has 0 bridgehead atoms. The number of nitriles is 1. The van der Waals surface area contributed by atoms with Gasteiger partial charge in [-0.05, 0) is 31.3 Å². The van der Waals surface area contributed by atoms with Crippen molar-refractivity contribution < 1.29 is 19.4 Å².